The van der Waals surface area contributed by atoms with Crippen LogP contribution >= 0.6 is 11.6 Å². The second-order valence-electron chi connectivity index (χ2n) is 9.93. The first-order valence-corrected chi connectivity index (χ1v) is 13.7. The predicted octanol–water partition coefficient (Wildman–Crippen LogP) is 9.78. The summed E-state index contributed by atoms with van der Waals surface area (Å²) < 4.78 is 114. The molecule has 2 unspecified atom stereocenters. The first-order chi connectivity index (χ1) is 20.6. The molecule has 0 aliphatic rings. The first kappa shape index (κ1) is 33.2. The molecule has 4 rings (SSSR count). The molecule has 0 amide bonds. The van der Waals surface area contributed by atoms with Crippen LogP contribution in [0.25, 0.3) is 0 Å². The van der Waals surface area contributed by atoms with E-state index in [2.05, 4.69) is 5.32 Å². The van der Waals surface area contributed by atoms with Crippen LogP contribution in [-0.2, 0) is 18.5 Å². The number of aryl methyl sites for hydroxylation is 1. The molecule has 3 nitrogen and oxygen atoms in total. The highest BCUT2D eigenvalue weighted by molar-refractivity contribution is 6.31. The van der Waals surface area contributed by atoms with E-state index in [9.17, 15) is 40.2 Å². The molecule has 2 atom stereocenters. The molecule has 0 saturated heterocycles. The van der Waals surface area contributed by atoms with Gasteiger partial charge >= 0.3 is 18.3 Å². The number of ether oxygens (including phenoxy) is 1. The molecular formula is C32H26ClF8NO2. The highest BCUT2D eigenvalue weighted by Gasteiger charge is 2.58. The second kappa shape index (κ2) is 13.1. The summed E-state index contributed by atoms with van der Waals surface area (Å²) >= 11 is 6.19. The Labute approximate surface area is 253 Å². The molecule has 44 heavy (non-hydrogen) atoms. The van der Waals surface area contributed by atoms with Crippen LogP contribution in [-0.4, -0.2) is 17.9 Å². The van der Waals surface area contributed by atoms with Gasteiger partial charge < -0.3 is 9.84 Å². The average Bonchev–Trinajstić information content (AvgIpc) is 2.98. The monoisotopic (exact) mass is 643 g/mol. The molecule has 0 bridgehead atoms. The summed E-state index contributed by atoms with van der Waals surface area (Å²) in [4.78, 5) is 0. The van der Waals surface area contributed by atoms with Crippen LogP contribution in [0.4, 0.5) is 35.1 Å². The summed E-state index contributed by atoms with van der Waals surface area (Å²) in [5.74, 6) is -4.42. The van der Waals surface area contributed by atoms with Crippen molar-refractivity contribution in [2.75, 3.05) is 6.61 Å². The molecule has 0 aliphatic heterocycles. The van der Waals surface area contributed by atoms with Crippen LogP contribution in [0.5, 0.6) is 11.5 Å². The van der Waals surface area contributed by atoms with Gasteiger partial charge in [0, 0.05) is 10.6 Å². The Balaban J connectivity index is 1.76. The molecule has 0 aliphatic carbocycles. The lowest BCUT2D eigenvalue weighted by Crippen LogP contribution is -2.34. The minimum absolute atomic E-state index is 0.0197. The van der Waals surface area contributed by atoms with Gasteiger partial charge in [-0.3, -0.25) is 5.32 Å². The predicted molar refractivity (Wildman–Crippen MR) is 150 cm³/mol. The quantitative estimate of drug-likeness (QED) is 0.169. The number of aliphatic hydroxyl groups is 1. The standard InChI is InChI=1S/C32H26ClF8NO2/c1-2-19-16-26(13-14-27(19)33)44-25-8-4-6-22(17-25)29(21-5-3-7-24(15-21)30(34,35)32(39,40)41)42-28(18-43)20-9-11-23(12-10-20)31(36,37)38/h3-17,28-29,42-43H,2,18H2,1H3. The molecule has 12 heteroatoms. The van der Waals surface area contributed by atoms with E-state index in [1.807, 2.05) is 6.92 Å². The molecule has 0 aromatic heterocycles. The maximum absolute atomic E-state index is 14.3. The third-order valence-electron chi connectivity index (χ3n) is 6.95. The number of hydrogen-bond donors (Lipinski definition) is 2. The van der Waals surface area contributed by atoms with Gasteiger partial charge in [-0.05, 0) is 77.2 Å². The van der Waals surface area contributed by atoms with E-state index >= 15 is 0 Å². The van der Waals surface area contributed by atoms with Gasteiger partial charge in [0.25, 0.3) is 0 Å². The van der Waals surface area contributed by atoms with Crippen LogP contribution in [0, 0.1) is 0 Å². The summed E-state index contributed by atoms with van der Waals surface area (Å²) in [5.41, 5.74) is -0.842. The van der Waals surface area contributed by atoms with Gasteiger partial charge in [0.15, 0.2) is 0 Å². The summed E-state index contributed by atoms with van der Waals surface area (Å²) in [7, 11) is 0. The molecule has 234 valence electrons. The van der Waals surface area contributed by atoms with Crippen LogP contribution in [0.2, 0.25) is 5.02 Å². The SMILES string of the molecule is CCc1cc(Oc2cccc(C(NC(CO)c3ccc(C(F)(F)F)cc3)c3cccc(C(F)(F)C(F)(F)F)c3)c2)ccc1Cl. The number of aliphatic hydroxyl groups excluding tert-OH is 1. The Morgan fingerprint density at radius 1 is 0.727 bits per heavy atom. The minimum Gasteiger partial charge on any atom is -0.457 e. The van der Waals surface area contributed by atoms with Gasteiger partial charge in [0.05, 0.1) is 24.3 Å². The number of hydrogen-bond acceptors (Lipinski definition) is 3. The third kappa shape index (κ3) is 7.51. The molecule has 4 aromatic rings. The lowest BCUT2D eigenvalue weighted by atomic mass is 9.93. The van der Waals surface area contributed by atoms with Crippen molar-refractivity contribution in [2.45, 2.75) is 43.7 Å². The number of benzene rings is 4. The number of rotatable bonds is 10. The summed E-state index contributed by atoms with van der Waals surface area (Å²) in [6.07, 6.45) is -9.82. The van der Waals surface area contributed by atoms with Gasteiger partial charge in [-0.1, -0.05) is 61.0 Å². The van der Waals surface area contributed by atoms with Crippen molar-refractivity contribution in [1.29, 1.82) is 0 Å². The fraction of sp³-hybridized carbons (Fsp3) is 0.250. The summed E-state index contributed by atoms with van der Waals surface area (Å²) in [6.45, 7) is 1.27. The van der Waals surface area contributed by atoms with Crippen LogP contribution in [0.3, 0.4) is 0 Å². The second-order valence-corrected chi connectivity index (χ2v) is 10.3. The van der Waals surface area contributed by atoms with Crippen molar-refractivity contribution in [3.05, 3.63) is 129 Å². The Morgan fingerprint density at radius 3 is 1.93 bits per heavy atom. The summed E-state index contributed by atoms with van der Waals surface area (Å²) in [6, 6.07) is 16.8. The highest BCUT2D eigenvalue weighted by atomic mass is 35.5. The van der Waals surface area contributed by atoms with Crippen molar-refractivity contribution in [3.8, 4) is 11.5 Å². The fourth-order valence-corrected chi connectivity index (χ4v) is 4.85. The van der Waals surface area contributed by atoms with Gasteiger partial charge in [-0.15, -0.1) is 0 Å². The molecule has 0 saturated carbocycles. The topological polar surface area (TPSA) is 41.5 Å². The van der Waals surface area contributed by atoms with Crippen molar-refractivity contribution >= 4 is 11.6 Å². The van der Waals surface area contributed by atoms with Crippen LogP contribution in [0.15, 0.2) is 91.0 Å². The van der Waals surface area contributed by atoms with E-state index in [4.69, 9.17) is 16.3 Å². The molecular weight excluding hydrogens is 618 g/mol. The minimum atomic E-state index is -5.86. The Bertz CT molecular complexity index is 1570. The Morgan fingerprint density at radius 2 is 1.34 bits per heavy atom. The van der Waals surface area contributed by atoms with Crippen molar-refractivity contribution in [1.82, 2.24) is 5.32 Å². The van der Waals surface area contributed by atoms with Crippen molar-refractivity contribution < 1.29 is 45.0 Å². The van der Waals surface area contributed by atoms with Gasteiger partial charge in [-0.2, -0.15) is 35.1 Å². The van der Waals surface area contributed by atoms with Crippen molar-refractivity contribution in [2.24, 2.45) is 0 Å². The number of nitrogens with one attached hydrogen (secondary N) is 1. The molecule has 0 fully saturated rings. The van der Waals surface area contributed by atoms with Gasteiger partial charge in [0.2, 0.25) is 0 Å². The molecule has 4 aromatic carbocycles. The first-order valence-electron chi connectivity index (χ1n) is 13.3. The zero-order valence-corrected chi connectivity index (χ0v) is 23.7. The lowest BCUT2D eigenvalue weighted by molar-refractivity contribution is -0.289. The van der Waals surface area contributed by atoms with E-state index in [1.54, 1.807) is 36.4 Å². The van der Waals surface area contributed by atoms with Crippen molar-refractivity contribution in [3.63, 3.8) is 0 Å². The number of halogens is 9. The zero-order chi connectivity index (χ0) is 32.3. The normalized spacial score (nSPS) is 13.9. The summed E-state index contributed by atoms with van der Waals surface area (Å²) in [5, 5.41) is 13.7. The van der Waals surface area contributed by atoms with Gasteiger partial charge in [-0.25, -0.2) is 0 Å². The van der Waals surface area contributed by atoms with E-state index in [-0.39, 0.29) is 11.1 Å². The lowest BCUT2D eigenvalue weighted by Gasteiger charge is -2.28. The van der Waals surface area contributed by atoms with E-state index in [0.717, 1.165) is 35.9 Å². The number of alkyl halides is 8. The third-order valence-corrected chi connectivity index (χ3v) is 7.32. The van der Waals surface area contributed by atoms with Crippen LogP contribution < -0.4 is 10.1 Å². The smallest absolute Gasteiger partial charge is 0.457 e. The molecule has 0 spiro atoms. The Kier molecular flexibility index (Phi) is 9.92. The Hall–Kier alpha value is -3.67. The average molecular weight is 644 g/mol. The van der Waals surface area contributed by atoms with E-state index in [1.165, 1.54) is 12.1 Å². The van der Waals surface area contributed by atoms with Crippen LogP contribution in [0.1, 0.15) is 52.4 Å². The highest BCUT2D eigenvalue weighted by Crippen LogP contribution is 2.44. The maximum Gasteiger partial charge on any atom is 0.458 e. The molecule has 2 N–H and O–H groups in total. The largest absolute Gasteiger partial charge is 0.458 e. The van der Waals surface area contributed by atoms with E-state index in [0.29, 0.717) is 40.6 Å². The molecule has 0 heterocycles. The fourth-order valence-electron chi connectivity index (χ4n) is 4.60. The van der Waals surface area contributed by atoms with Gasteiger partial charge in [0.1, 0.15) is 11.5 Å². The maximum atomic E-state index is 14.3. The van der Waals surface area contributed by atoms with E-state index < -0.39 is 48.1 Å². The molecule has 0 radical (unpaired) electrons. The zero-order valence-electron chi connectivity index (χ0n) is 23.0.